The Hall–Kier alpha value is -2.17. The summed E-state index contributed by atoms with van der Waals surface area (Å²) in [4.78, 5) is 2.09. The van der Waals surface area contributed by atoms with E-state index >= 15 is 0 Å². The number of ether oxygens (including phenoxy) is 1. The van der Waals surface area contributed by atoms with Crippen molar-refractivity contribution in [3.63, 3.8) is 0 Å². The van der Waals surface area contributed by atoms with Crippen LogP contribution in [0.5, 0.6) is 5.75 Å². The van der Waals surface area contributed by atoms with Gasteiger partial charge in [0.05, 0.1) is 12.7 Å². The standard InChI is InChI=1S/C20H24F3NO/c1-19(2,3)14-24(17-8-10-18(25-4)11-9-17)13-15-6-5-7-16(12-15)20(21,22)23/h5-12H,13-14H2,1-4H3. The second-order valence-corrected chi connectivity index (χ2v) is 7.31. The molecule has 2 aromatic rings. The quantitative estimate of drug-likeness (QED) is 0.678. The fourth-order valence-electron chi connectivity index (χ4n) is 2.67. The summed E-state index contributed by atoms with van der Waals surface area (Å²) >= 11 is 0. The smallest absolute Gasteiger partial charge is 0.416 e. The van der Waals surface area contributed by atoms with E-state index in [1.54, 1.807) is 13.2 Å². The van der Waals surface area contributed by atoms with Crippen LogP contribution in [0.2, 0.25) is 0 Å². The summed E-state index contributed by atoms with van der Waals surface area (Å²) in [6.45, 7) is 7.45. The van der Waals surface area contributed by atoms with Crippen LogP contribution in [0.15, 0.2) is 48.5 Å². The molecule has 0 aliphatic carbocycles. The molecular formula is C20H24F3NO. The number of hydrogen-bond acceptors (Lipinski definition) is 2. The number of anilines is 1. The lowest BCUT2D eigenvalue weighted by Crippen LogP contribution is -2.32. The van der Waals surface area contributed by atoms with E-state index in [4.69, 9.17) is 4.74 Å². The van der Waals surface area contributed by atoms with Crippen molar-refractivity contribution in [3.05, 3.63) is 59.7 Å². The van der Waals surface area contributed by atoms with Gasteiger partial charge in [-0.15, -0.1) is 0 Å². The molecule has 2 nitrogen and oxygen atoms in total. The largest absolute Gasteiger partial charge is 0.497 e. The summed E-state index contributed by atoms with van der Waals surface area (Å²) in [5, 5.41) is 0. The minimum absolute atomic E-state index is 0.00155. The molecule has 0 aliphatic rings. The van der Waals surface area contributed by atoms with Crippen LogP contribution in [-0.2, 0) is 12.7 Å². The second-order valence-electron chi connectivity index (χ2n) is 7.31. The molecule has 0 radical (unpaired) electrons. The van der Waals surface area contributed by atoms with Gasteiger partial charge >= 0.3 is 6.18 Å². The van der Waals surface area contributed by atoms with Gasteiger partial charge in [-0.3, -0.25) is 0 Å². The zero-order valence-corrected chi connectivity index (χ0v) is 15.0. The summed E-state index contributed by atoms with van der Waals surface area (Å²) in [6.07, 6.45) is -4.33. The molecule has 0 spiro atoms. The van der Waals surface area contributed by atoms with Crippen LogP contribution in [0.25, 0.3) is 0 Å². The Morgan fingerprint density at radius 2 is 1.60 bits per heavy atom. The molecule has 0 amide bonds. The SMILES string of the molecule is COc1ccc(N(Cc2cccc(C(F)(F)F)c2)CC(C)(C)C)cc1. The van der Waals surface area contributed by atoms with Crippen LogP contribution >= 0.6 is 0 Å². The van der Waals surface area contributed by atoms with Gasteiger partial charge < -0.3 is 9.64 Å². The van der Waals surface area contributed by atoms with Gasteiger partial charge in [-0.1, -0.05) is 32.9 Å². The van der Waals surface area contributed by atoms with Gasteiger partial charge in [0.25, 0.3) is 0 Å². The summed E-state index contributed by atoms with van der Waals surface area (Å²) in [5.74, 6) is 0.749. The molecule has 0 saturated carbocycles. The van der Waals surface area contributed by atoms with E-state index in [1.807, 2.05) is 24.3 Å². The maximum atomic E-state index is 13.0. The highest BCUT2D eigenvalue weighted by Crippen LogP contribution is 2.31. The topological polar surface area (TPSA) is 12.5 Å². The first kappa shape index (κ1) is 19.2. The molecule has 0 N–H and O–H groups in total. The van der Waals surface area contributed by atoms with Crippen molar-refractivity contribution in [1.82, 2.24) is 0 Å². The molecule has 5 heteroatoms. The van der Waals surface area contributed by atoms with Crippen molar-refractivity contribution in [2.45, 2.75) is 33.5 Å². The third kappa shape index (κ3) is 5.69. The number of rotatable bonds is 5. The van der Waals surface area contributed by atoms with Crippen molar-refractivity contribution in [3.8, 4) is 5.75 Å². The molecule has 0 fully saturated rings. The molecule has 0 bridgehead atoms. The molecule has 0 aliphatic heterocycles. The van der Waals surface area contributed by atoms with Crippen molar-refractivity contribution in [1.29, 1.82) is 0 Å². The van der Waals surface area contributed by atoms with E-state index in [0.717, 1.165) is 24.0 Å². The first-order valence-electron chi connectivity index (χ1n) is 8.14. The van der Waals surface area contributed by atoms with Crippen LogP contribution in [0, 0.1) is 5.41 Å². The number of halogens is 3. The van der Waals surface area contributed by atoms with Crippen molar-refractivity contribution < 1.29 is 17.9 Å². The molecule has 25 heavy (non-hydrogen) atoms. The van der Waals surface area contributed by atoms with Crippen LogP contribution in [0.3, 0.4) is 0 Å². The Balaban J connectivity index is 2.30. The van der Waals surface area contributed by atoms with E-state index in [2.05, 4.69) is 25.7 Å². The summed E-state index contributed by atoms with van der Waals surface area (Å²) < 4.78 is 44.0. The minimum Gasteiger partial charge on any atom is -0.497 e. The highest BCUT2D eigenvalue weighted by atomic mass is 19.4. The highest BCUT2D eigenvalue weighted by Gasteiger charge is 2.30. The number of nitrogens with zero attached hydrogens (tertiary/aromatic N) is 1. The number of methoxy groups -OCH3 is 1. The first-order chi connectivity index (χ1) is 11.6. The van der Waals surface area contributed by atoms with Crippen LogP contribution in [0.1, 0.15) is 31.9 Å². The molecule has 2 aromatic carbocycles. The van der Waals surface area contributed by atoms with Crippen LogP contribution < -0.4 is 9.64 Å². The number of benzene rings is 2. The van der Waals surface area contributed by atoms with Crippen LogP contribution in [-0.4, -0.2) is 13.7 Å². The zero-order chi connectivity index (χ0) is 18.7. The van der Waals surface area contributed by atoms with Crippen LogP contribution in [0.4, 0.5) is 18.9 Å². The molecule has 136 valence electrons. The predicted molar refractivity (Wildman–Crippen MR) is 94.9 cm³/mol. The summed E-state index contributed by atoms with van der Waals surface area (Å²) in [6, 6.07) is 13.1. The minimum atomic E-state index is -4.33. The maximum absolute atomic E-state index is 13.0. The summed E-state index contributed by atoms with van der Waals surface area (Å²) in [5.41, 5.74) is 0.972. The highest BCUT2D eigenvalue weighted by molar-refractivity contribution is 5.50. The van der Waals surface area contributed by atoms with Gasteiger partial charge in [0, 0.05) is 18.8 Å². The maximum Gasteiger partial charge on any atom is 0.416 e. The van der Waals surface area contributed by atoms with E-state index in [0.29, 0.717) is 12.1 Å². The fourth-order valence-corrected chi connectivity index (χ4v) is 2.67. The second kappa shape index (κ2) is 7.38. The van der Waals surface area contributed by atoms with Crippen molar-refractivity contribution >= 4 is 5.69 Å². The Morgan fingerprint density at radius 1 is 0.960 bits per heavy atom. The molecule has 0 saturated heterocycles. The number of hydrogen-bond donors (Lipinski definition) is 0. The average Bonchev–Trinajstić information content (AvgIpc) is 2.52. The van der Waals surface area contributed by atoms with E-state index in [1.165, 1.54) is 12.1 Å². The van der Waals surface area contributed by atoms with E-state index in [-0.39, 0.29) is 5.41 Å². The molecule has 0 unspecified atom stereocenters. The van der Waals surface area contributed by atoms with Gasteiger partial charge in [-0.25, -0.2) is 0 Å². The van der Waals surface area contributed by atoms with E-state index < -0.39 is 11.7 Å². The van der Waals surface area contributed by atoms with Crippen molar-refractivity contribution in [2.24, 2.45) is 5.41 Å². The lowest BCUT2D eigenvalue weighted by molar-refractivity contribution is -0.137. The zero-order valence-electron chi connectivity index (χ0n) is 15.0. The van der Waals surface area contributed by atoms with Gasteiger partial charge in [-0.2, -0.15) is 13.2 Å². The Kier molecular flexibility index (Phi) is 5.65. The molecule has 0 atom stereocenters. The predicted octanol–water partition coefficient (Wildman–Crippen LogP) is 5.77. The molecule has 0 aromatic heterocycles. The number of alkyl halides is 3. The third-order valence-corrected chi connectivity index (χ3v) is 3.73. The Labute approximate surface area is 147 Å². The lowest BCUT2D eigenvalue weighted by Gasteiger charge is -2.32. The molecule has 0 heterocycles. The molecule has 2 rings (SSSR count). The Bertz CT molecular complexity index is 687. The van der Waals surface area contributed by atoms with E-state index in [9.17, 15) is 13.2 Å². The fraction of sp³-hybridized carbons (Fsp3) is 0.400. The monoisotopic (exact) mass is 351 g/mol. The Morgan fingerprint density at radius 3 is 2.12 bits per heavy atom. The first-order valence-corrected chi connectivity index (χ1v) is 8.14. The van der Waals surface area contributed by atoms with Gasteiger partial charge in [0.15, 0.2) is 0 Å². The van der Waals surface area contributed by atoms with Gasteiger partial charge in [0.1, 0.15) is 5.75 Å². The van der Waals surface area contributed by atoms with Crippen molar-refractivity contribution in [2.75, 3.05) is 18.6 Å². The molecular weight excluding hydrogens is 327 g/mol. The van der Waals surface area contributed by atoms with Gasteiger partial charge in [0.2, 0.25) is 0 Å². The average molecular weight is 351 g/mol. The van der Waals surface area contributed by atoms with Gasteiger partial charge in [-0.05, 0) is 47.4 Å². The normalized spacial score (nSPS) is 12.1. The lowest BCUT2D eigenvalue weighted by atomic mass is 9.95. The summed E-state index contributed by atoms with van der Waals surface area (Å²) in [7, 11) is 1.60. The third-order valence-electron chi connectivity index (χ3n) is 3.73.